The molecular formula is C23H20BrN3O5. The molecule has 32 heavy (non-hydrogen) atoms. The monoisotopic (exact) mass is 497 g/mol. The summed E-state index contributed by atoms with van der Waals surface area (Å²) in [6, 6.07) is 16.9. The van der Waals surface area contributed by atoms with Crippen LogP contribution in [-0.2, 0) is 20.9 Å². The van der Waals surface area contributed by atoms with Crippen LogP contribution in [-0.4, -0.2) is 30.6 Å². The fourth-order valence-corrected chi connectivity index (χ4v) is 2.83. The normalized spacial score (nSPS) is 10.7. The first-order valence-corrected chi connectivity index (χ1v) is 10.5. The van der Waals surface area contributed by atoms with E-state index in [9.17, 15) is 14.4 Å². The maximum atomic E-state index is 12.1. The van der Waals surface area contributed by atoms with Gasteiger partial charge in [0.15, 0.2) is 0 Å². The molecule has 9 heteroatoms. The minimum absolute atomic E-state index is 0.0418. The largest absolute Gasteiger partial charge is 0.462 e. The van der Waals surface area contributed by atoms with E-state index >= 15 is 0 Å². The third-order valence-corrected chi connectivity index (χ3v) is 4.66. The molecule has 0 aliphatic carbocycles. The smallest absolute Gasteiger partial charge is 0.338 e. The van der Waals surface area contributed by atoms with Crippen molar-refractivity contribution in [2.75, 3.05) is 11.9 Å². The number of hydrogen-bond donors (Lipinski definition) is 2. The summed E-state index contributed by atoms with van der Waals surface area (Å²) in [4.78, 5) is 40.1. The van der Waals surface area contributed by atoms with Crippen LogP contribution in [0.4, 0.5) is 11.4 Å². The lowest BCUT2D eigenvalue weighted by Gasteiger charge is -2.06. The topological polar surface area (TPSA) is 110 Å². The molecule has 2 N–H and O–H groups in total. The number of hydrogen-bond acceptors (Lipinski definition) is 6. The van der Waals surface area contributed by atoms with Crippen molar-refractivity contribution in [2.24, 2.45) is 4.99 Å². The highest BCUT2D eigenvalue weighted by molar-refractivity contribution is 9.10. The zero-order chi connectivity index (χ0) is 22.9. The van der Waals surface area contributed by atoms with Gasteiger partial charge >= 0.3 is 17.8 Å². The van der Waals surface area contributed by atoms with Gasteiger partial charge in [0, 0.05) is 10.2 Å². The van der Waals surface area contributed by atoms with Crippen molar-refractivity contribution in [1.82, 2.24) is 5.32 Å². The number of nitrogens with one attached hydrogen (secondary N) is 2. The molecule has 1 aromatic heterocycles. The minimum atomic E-state index is -0.836. The van der Waals surface area contributed by atoms with E-state index in [1.807, 2.05) is 24.3 Å². The Hall–Kier alpha value is -3.72. The number of rotatable bonds is 7. The maximum absolute atomic E-state index is 12.1. The fourth-order valence-electron chi connectivity index (χ4n) is 2.56. The number of anilines is 1. The van der Waals surface area contributed by atoms with Gasteiger partial charge in [-0.15, -0.1) is 0 Å². The minimum Gasteiger partial charge on any atom is -0.462 e. The van der Waals surface area contributed by atoms with Gasteiger partial charge in [-0.05, 0) is 67.6 Å². The molecule has 8 nitrogen and oxygen atoms in total. The SMILES string of the molecule is CCOC(=O)c1ccc(NC(=O)C(=O)NCc2ccc(C=Nc3ccc(Br)cc3)o2)cc1. The van der Waals surface area contributed by atoms with E-state index in [1.165, 1.54) is 24.3 Å². The molecule has 0 saturated heterocycles. The summed E-state index contributed by atoms with van der Waals surface area (Å²) >= 11 is 3.37. The van der Waals surface area contributed by atoms with Crippen LogP contribution in [0, 0.1) is 0 Å². The Balaban J connectivity index is 1.48. The number of nitrogens with zero attached hydrogens (tertiary/aromatic N) is 1. The summed E-state index contributed by atoms with van der Waals surface area (Å²) in [5.74, 6) is -1.12. The highest BCUT2D eigenvalue weighted by Gasteiger charge is 2.15. The maximum Gasteiger partial charge on any atom is 0.338 e. The summed E-state index contributed by atoms with van der Waals surface area (Å²) in [5.41, 5.74) is 1.50. The average molecular weight is 498 g/mol. The van der Waals surface area contributed by atoms with Gasteiger partial charge in [0.2, 0.25) is 0 Å². The van der Waals surface area contributed by atoms with Gasteiger partial charge in [-0.25, -0.2) is 4.79 Å². The van der Waals surface area contributed by atoms with Crippen molar-refractivity contribution in [3.05, 3.63) is 82.2 Å². The van der Waals surface area contributed by atoms with E-state index in [0.29, 0.717) is 22.8 Å². The Bertz CT molecular complexity index is 1120. The Morgan fingerprint density at radius 3 is 2.41 bits per heavy atom. The molecule has 0 radical (unpaired) electrons. The van der Waals surface area contributed by atoms with Gasteiger partial charge in [0.25, 0.3) is 0 Å². The standard InChI is InChI=1S/C23H20BrN3O5/c1-2-31-23(30)15-3-7-18(8-4-15)27-22(29)21(28)26-14-20-12-11-19(32-20)13-25-17-9-5-16(24)6-10-17/h3-13H,2,14H2,1H3,(H,26,28)(H,27,29). The molecule has 0 spiro atoms. The van der Waals surface area contributed by atoms with Gasteiger partial charge in [0.05, 0.1) is 30.6 Å². The van der Waals surface area contributed by atoms with Gasteiger partial charge in [0.1, 0.15) is 11.5 Å². The molecule has 0 saturated carbocycles. The number of aliphatic imine (C=N–C) groups is 1. The molecule has 164 valence electrons. The number of carbonyl (C=O) groups is 3. The van der Waals surface area contributed by atoms with Crippen molar-refractivity contribution in [3.63, 3.8) is 0 Å². The number of esters is 1. The molecule has 0 atom stereocenters. The van der Waals surface area contributed by atoms with E-state index in [2.05, 4.69) is 31.6 Å². The van der Waals surface area contributed by atoms with Crippen molar-refractivity contribution in [2.45, 2.75) is 13.5 Å². The predicted octanol–water partition coefficient (Wildman–Crippen LogP) is 4.22. The lowest BCUT2D eigenvalue weighted by molar-refractivity contribution is -0.136. The third kappa shape index (κ3) is 6.64. The summed E-state index contributed by atoms with van der Waals surface area (Å²) < 4.78 is 11.4. The van der Waals surface area contributed by atoms with Crippen molar-refractivity contribution in [3.8, 4) is 0 Å². The molecule has 2 aromatic carbocycles. The highest BCUT2D eigenvalue weighted by atomic mass is 79.9. The molecule has 0 unspecified atom stereocenters. The van der Waals surface area contributed by atoms with Crippen molar-refractivity contribution < 1.29 is 23.5 Å². The first-order chi connectivity index (χ1) is 15.4. The summed E-state index contributed by atoms with van der Waals surface area (Å²) in [6.07, 6.45) is 1.57. The number of ether oxygens (including phenoxy) is 1. The van der Waals surface area contributed by atoms with Crippen molar-refractivity contribution >= 4 is 51.3 Å². The lowest BCUT2D eigenvalue weighted by Crippen LogP contribution is -2.34. The van der Waals surface area contributed by atoms with Gasteiger partial charge in [-0.2, -0.15) is 0 Å². The Labute approximate surface area is 192 Å². The molecule has 2 amide bonds. The van der Waals surface area contributed by atoms with Crippen molar-refractivity contribution in [1.29, 1.82) is 0 Å². The van der Waals surface area contributed by atoms with E-state index in [-0.39, 0.29) is 13.2 Å². The lowest BCUT2D eigenvalue weighted by atomic mass is 10.2. The van der Waals surface area contributed by atoms with Crippen LogP contribution >= 0.6 is 15.9 Å². The van der Waals surface area contributed by atoms with E-state index in [0.717, 1.165) is 10.2 Å². The second kappa shape index (κ2) is 11.1. The summed E-state index contributed by atoms with van der Waals surface area (Å²) in [5, 5.41) is 4.96. The van der Waals surface area contributed by atoms with E-state index in [4.69, 9.17) is 9.15 Å². The first-order valence-electron chi connectivity index (χ1n) is 9.69. The zero-order valence-electron chi connectivity index (χ0n) is 17.1. The molecule has 0 aliphatic heterocycles. The molecule has 0 fully saturated rings. The van der Waals surface area contributed by atoms with Crippen LogP contribution in [0.5, 0.6) is 0 Å². The van der Waals surface area contributed by atoms with Crippen LogP contribution < -0.4 is 10.6 Å². The van der Waals surface area contributed by atoms with Crippen LogP contribution in [0.2, 0.25) is 0 Å². The number of carbonyl (C=O) groups excluding carboxylic acids is 3. The molecule has 3 rings (SSSR count). The molecule has 3 aromatic rings. The number of halogens is 1. The Morgan fingerprint density at radius 1 is 1.00 bits per heavy atom. The molecule has 0 aliphatic rings. The number of benzene rings is 2. The van der Waals surface area contributed by atoms with Gasteiger partial charge < -0.3 is 19.8 Å². The third-order valence-electron chi connectivity index (χ3n) is 4.13. The van der Waals surface area contributed by atoms with E-state index < -0.39 is 17.8 Å². The molecule has 0 bridgehead atoms. The Kier molecular flexibility index (Phi) is 7.93. The average Bonchev–Trinajstić information content (AvgIpc) is 3.25. The second-order valence-corrected chi connectivity index (χ2v) is 7.39. The van der Waals surface area contributed by atoms with Crippen LogP contribution in [0.15, 0.2) is 74.5 Å². The second-order valence-electron chi connectivity index (χ2n) is 6.47. The summed E-state index contributed by atoms with van der Waals surface area (Å²) in [6.45, 7) is 2.03. The number of furan rings is 1. The Morgan fingerprint density at radius 2 is 1.72 bits per heavy atom. The first kappa shape index (κ1) is 23.0. The van der Waals surface area contributed by atoms with Gasteiger partial charge in [-0.3, -0.25) is 14.6 Å². The quantitative estimate of drug-likeness (QED) is 0.288. The van der Waals surface area contributed by atoms with Gasteiger partial charge in [-0.1, -0.05) is 15.9 Å². The van der Waals surface area contributed by atoms with Crippen LogP contribution in [0.25, 0.3) is 0 Å². The van der Waals surface area contributed by atoms with Crippen LogP contribution in [0.3, 0.4) is 0 Å². The molecular weight excluding hydrogens is 478 g/mol. The number of amides is 2. The molecule has 1 heterocycles. The zero-order valence-corrected chi connectivity index (χ0v) is 18.7. The summed E-state index contributed by atoms with van der Waals surface area (Å²) in [7, 11) is 0. The van der Waals surface area contributed by atoms with E-state index in [1.54, 1.807) is 25.3 Å². The van der Waals surface area contributed by atoms with Crippen LogP contribution in [0.1, 0.15) is 28.8 Å². The predicted molar refractivity (Wildman–Crippen MR) is 123 cm³/mol. The highest BCUT2D eigenvalue weighted by Crippen LogP contribution is 2.17. The fraction of sp³-hybridized carbons (Fsp3) is 0.130.